The number of carboxylic acid groups (broad SMARTS) is 1. The van der Waals surface area contributed by atoms with E-state index in [1.54, 1.807) is 52.3 Å². The number of anilines is 1. The third-order valence-corrected chi connectivity index (χ3v) is 11.8. The van der Waals surface area contributed by atoms with E-state index < -0.39 is 33.8 Å². The second kappa shape index (κ2) is 18.5. The number of nitrogens with one attached hydrogen (secondary N) is 1. The number of hydrogen-bond donors (Lipinski definition) is 2. The maximum absolute atomic E-state index is 14.5. The molecule has 2 aliphatic rings. The van der Waals surface area contributed by atoms with E-state index in [1.807, 2.05) is 31.2 Å². The van der Waals surface area contributed by atoms with Crippen LogP contribution in [0.1, 0.15) is 61.3 Å². The zero-order valence-corrected chi connectivity index (χ0v) is 32.4. The van der Waals surface area contributed by atoms with Gasteiger partial charge in [-0.2, -0.15) is 4.31 Å². The van der Waals surface area contributed by atoms with E-state index >= 15 is 0 Å². The number of methoxy groups -OCH3 is 2. The van der Waals surface area contributed by atoms with Crippen molar-refractivity contribution in [3.63, 3.8) is 0 Å². The maximum Gasteiger partial charge on any atom is 0.405 e. The fourth-order valence-electron chi connectivity index (χ4n) is 7.23. The summed E-state index contributed by atoms with van der Waals surface area (Å²) in [6.45, 7) is 10.2. The molecule has 2 N–H and O–H groups in total. The molecule has 0 radical (unpaired) electrons. The Hall–Kier alpha value is -3.72. The highest BCUT2D eigenvalue weighted by atomic mass is 32.2. The molecule has 5 rings (SSSR count). The van der Waals surface area contributed by atoms with E-state index in [4.69, 9.17) is 23.7 Å². The number of rotatable bonds is 18. The highest BCUT2D eigenvalue weighted by molar-refractivity contribution is 7.89. The first kappa shape index (κ1) is 40.5. The van der Waals surface area contributed by atoms with Crippen molar-refractivity contribution in [2.24, 2.45) is 0 Å². The average molecular weight is 754 g/mol. The third kappa shape index (κ3) is 10.9. The zero-order chi connectivity index (χ0) is 38.0. The lowest BCUT2D eigenvalue weighted by Crippen LogP contribution is -2.56. The van der Waals surface area contributed by atoms with Crippen LogP contribution in [0.2, 0.25) is 0 Å². The molecule has 3 aromatic rings. The van der Waals surface area contributed by atoms with E-state index in [9.17, 15) is 18.3 Å². The van der Waals surface area contributed by atoms with Gasteiger partial charge in [-0.3, -0.25) is 0 Å². The molecule has 1 fully saturated rings. The number of sulfonamides is 1. The number of amides is 1. The van der Waals surface area contributed by atoms with Gasteiger partial charge in [0.05, 0.1) is 49.7 Å². The molecule has 0 aliphatic carbocycles. The predicted molar refractivity (Wildman–Crippen MR) is 203 cm³/mol. The smallest absolute Gasteiger partial charge is 0.405 e. The van der Waals surface area contributed by atoms with Gasteiger partial charge in [0.2, 0.25) is 10.0 Å². The molecule has 53 heavy (non-hydrogen) atoms. The van der Waals surface area contributed by atoms with Crippen molar-refractivity contribution >= 4 is 21.8 Å². The van der Waals surface area contributed by atoms with Crippen LogP contribution in [0.4, 0.5) is 10.5 Å². The summed E-state index contributed by atoms with van der Waals surface area (Å²) in [7, 11) is -0.641. The summed E-state index contributed by atoms with van der Waals surface area (Å²) in [4.78, 5) is 14.3. The number of benzene rings is 3. The third-order valence-electron chi connectivity index (χ3n) is 9.89. The summed E-state index contributed by atoms with van der Waals surface area (Å²) in [5.41, 5.74) is 4.03. The van der Waals surface area contributed by atoms with Crippen molar-refractivity contribution in [3.05, 3.63) is 89.0 Å². The fourth-order valence-corrected chi connectivity index (χ4v) is 8.87. The number of hydrogen-bond acceptors (Lipinski definition) is 9. The topological polar surface area (TPSA) is 136 Å². The van der Waals surface area contributed by atoms with Crippen molar-refractivity contribution in [1.29, 1.82) is 0 Å². The molecule has 0 bridgehead atoms. The Morgan fingerprint density at radius 3 is 2.38 bits per heavy atom. The number of piperidine rings is 1. The number of fused-ring (bicyclic) bond motifs is 1. The molecule has 3 atom stereocenters. The number of aryl methyl sites for hydroxylation is 1. The largest absolute Gasteiger partial charge is 0.490 e. The van der Waals surface area contributed by atoms with E-state index in [-0.39, 0.29) is 30.4 Å². The summed E-state index contributed by atoms with van der Waals surface area (Å²) in [5.74, 6) is 0.648. The Kier molecular flexibility index (Phi) is 14.2. The quantitative estimate of drug-likeness (QED) is 0.150. The Labute approximate surface area is 314 Å². The molecule has 3 aromatic carbocycles. The zero-order valence-electron chi connectivity index (χ0n) is 31.6. The average Bonchev–Trinajstić information content (AvgIpc) is 3.12. The Balaban J connectivity index is 1.47. The first-order chi connectivity index (χ1) is 25.4. The minimum Gasteiger partial charge on any atom is -0.490 e. The molecule has 0 spiro atoms. The molecular formula is C40H55N3O9S. The molecule has 2 aliphatic heterocycles. The van der Waals surface area contributed by atoms with E-state index in [0.29, 0.717) is 39.5 Å². The van der Waals surface area contributed by atoms with Gasteiger partial charge in [0.15, 0.2) is 0 Å². The molecule has 12 nitrogen and oxygen atoms in total. The number of carbonyl (C=O) groups is 1. The molecule has 0 aromatic heterocycles. The number of nitrogens with zero attached hydrogens (tertiary/aromatic N) is 2. The van der Waals surface area contributed by atoms with Crippen LogP contribution in [0.25, 0.3) is 0 Å². The first-order valence-electron chi connectivity index (χ1n) is 18.3. The van der Waals surface area contributed by atoms with Gasteiger partial charge in [-0.05, 0) is 81.0 Å². The van der Waals surface area contributed by atoms with Gasteiger partial charge in [0.1, 0.15) is 12.4 Å². The summed E-state index contributed by atoms with van der Waals surface area (Å²) in [6, 6.07) is 20.6. The van der Waals surface area contributed by atoms with Gasteiger partial charge >= 0.3 is 6.09 Å². The fraction of sp³-hybridized carbons (Fsp3) is 0.525. The summed E-state index contributed by atoms with van der Waals surface area (Å²) in [6.07, 6.45) is -0.0782. The van der Waals surface area contributed by atoms with Crippen molar-refractivity contribution in [3.8, 4) is 5.75 Å². The van der Waals surface area contributed by atoms with Gasteiger partial charge in [-0.1, -0.05) is 48.0 Å². The van der Waals surface area contributed by atoms with Gasteiger partial charge in [-0.15, -0.1) is 0 Å². The Bertz CT molecular complexity index is 1740. The Morgan fingerprint density at radius 2 is 1.68 bits per heavy atom. The van der Waals surface area contributed by atoms with Gasteiger partial charge < -0.3 is 39.0 Å². The molecular weight excluding hydrogens is 699 g/mol. The van der Waals surface area contributed by atoms with E-state index in [2.05, 4.69) is 28.4 Å². The summed E-state index contributed by atoms with van der Waals surface area (Å²) in [5, 5.41) is 12.2. The van der Waals surface area contributed by atoms with E-state index in [0.717, 1.165) is 53.2 Å². The van der Waals surface area contributed by atoms with Crippen LogP contribution in [-0.4, -0.2) is 102 Å². The van der Waals surface area contributed by atoms with Crippen LogP contribution in [0.3, 0.4) is 0 Å². The van der Waals surface area contributed by atoms with Crippen LogP contribution in [0.5, 0.6) is 5.75 Å². The Morgan fingerprint density at radius 1 is 0.962 bits per heavy atom. The molecule has 13 heteroatoms. The lowest BCUT2D eigenvalue weighted by Gasteiger charge is -2.45. The van der Waals surface area contributed by atoms with Gasteiger partial charge in [0, 0.05) is 51.4 Å². The van der Waals surface area contributed by atoms with Crippen molar-refractivity contribution in [2.45, 2.75) is 81.7 Å². The highest BCUT2D eigenvalue weighted by Gasteiger charge is 2.45. The first-order valence-corrected chi connectivity index (χ1v) is 19.7. The van der Waals surface area contributed by atoms with E-state index in [1.165, 1.54) is 4.31 Å². The van der Waals surface area contributed by atoms with Gasteiger partial charge in [-0.25, -0.2) is 13.2 Å². The van der Waals surface area contributed by atoms with Crippen LogP contribution >= 0.6 is 0 Å². The lowest BCUT2D eigenvalue weighted by molar-refractivity contribution is -0.0234. The predicted octanol–water partition coefficient (Wildman–Crippen LogP) is 5.96. The molecule has 1 amide bonds. The molecule has 2 heterocycles. The summed E-state index contributed by atoms with van der Waals surface area (Å²) < 4.78 is 59.3. The van der Waals surface area contributed by atoms with Crippen LogP contribution in [0.15, 0.2) is 71.6 Å². The minimum absolute atomic E-state index is 0.0910. The molecule has 0 unspecified atom stereocenters. The monoisotopic (exact) mass is 753 g/mol. The normalized spacial score (nSPS) is 19.4. The van der Waals surface area contributed by atoms with Crippen molar-refractivity contribution < 1.29 is 42.0 Å². The maximum atomic E-state index is 14.5. The van der Waals surface area contributed by atoms with Gasteiger partial charge in [0.25, 0.3) is 0 Å². The van der Waals surface area contributed by atoms with Crippen molar-refractivity contribution in [1.82, 2.24) is 9.62 Å². The highest BCUT2D eigenvalue weighted by Crippen LogP contribution is 2.40. The standard InChI is InChI=1S/C40H55N3O9S/c1-29-7-14-34(15-8-29)53(46,47)43-26-38(52-28-31-11-16-37-36(23-31)42(18-20-51-37)17-6-19-48-4)35(24-33(43)25-40(2,3)41-39(44)45)32-12-9-30(10-13-32)27-50-22-21-49-5/h7-16,23,33,35,38,41H,6,17-22,24-28H2,1-5H3,(H,44,45)/t33-,35-,38+/m1/s1. The second-order valence-electron chi connectivity index (χ2n) is 14.5. The molecule has 1 saturated heterocycles. The number of ether oxygens (including phenoxy) is 5. The minimum atomic E-state index is -3.98. The summed E-state index contributed by atoms with van der Waals surface area (Å²) >= 11 is 0. The second-order valence-corrected chi connectivity index (χ2v) is 16.4. The van der Waals surface area contributed by atoms with Crippen LogP contribution < -0.4 is 15.0 Å². The van der Waals surface area contributed by atoms with Crippen molar-refractivity contribution in [2.75, 3.05) is 65.2 Å². The molecule has 290 valence electrons. The molecule has 0 saturated carbocycles. The van der Waals surface area contributed by atoms with Crippen LogP contribution in [0, 0.1) is 6.92 Å². The van der Waals surface area contributed by atoms with Crippen LogP contribution in [-0.2, 0) is 42.2 Å². The SMILES string of the molecule is COCCCN1CCOc2ccc(CO[C@H]3CN(S(=O)(=O)c4ccc(C)cc4)[C@@H](CC(C)(C)NC(=O)O)C[C@@H]3c3ccc(COCCOC)cc3)cc21. The lowest BCUT2D eigenvalue weighted by atomic mass is 9.80.